The molecule has 1 aliphatic carbocycles. The van der Waals surface area contributed by atoms with Crippen molar-refractivity contribution in [2.45, 2.75) is 46.0 Å². The molecule has 0 unspecified atom stereocenters. The number of hydrogen-bond donors (Lipinski definition) is 3. The molecule has 3 N–H and O–H groups in total. The van der Waals surface area contributed by atoms with Gasteiger partial charge in [0, 0.05) is 36.1 Å². The maximum absolute atomic E-state index is 13.7. The number of halogens is 2. The third kappa shape index (κ3) is 5.43. The van der Waals surface area contributed by atoms with Gasteiger partial charge in [-0.3, -0.25) is 4.79 Å². The topological polar surface area (TPSA) is 65.1 Å². The van der Waals surface area contributed by atoms with Crippen LogP contribution in [0.4, 0.5) is 8.78 Å². The number of H-pyrrole nitrogens is 1. The van der Waals surface area contributed by atoms with Crippen LogP contribution in [0.15, 0.2) is 48.3 Å². The molecule has 166 valence electrons. The molecule has 1 aromatic heterocycles. The van der Waals surface area contributed by atoms with Gasteiger partial charge in [-0.05, 0) is 62.5 Å². The van der Waals surface area contributed by atoms with Crippen LogP contribution in [0.5, 0.6) is 5.75 Å². The summed E-state index contributed by atoms with van der Waals surface area (Å²) in [6, 6.07) is 1.62. The number of aromatic nitrogens is 1. The smallest absolute Gasteiger partial charge is 0.253 e. The molecule has 31 heavy (non-hydrogen) atoms. The predicted molar refractivity (Wildman–Crippen MR) is 119 cm³/mol. The van der Waals surface area contributed by atoms with Gasteiger partial charge in [0.1, 0.15) is 5.75 Å². The largest absolute Gasteiger partial charge is 0.507 e. The van der Waals surface area contributed by atoms with Crippen LogP contribution >= 0.6 is 0 Å². The van der Waals surface area contributed by atoms with Crippen molar-refractivity contribution in [3.05, 3.63) is 65.5 Å². The summed E-state index contributed by atoms with van der Waals surface area (Å²) < 4.78 is 27.0. The second-order valence-electron chi connectivity index (χ2n) is 8.09. The third-order valence-electron chi connectivity index (χ3n) is 6.07. The lowest BCUT2D eigenvalue weighted by atomic mass is 9.78. The van der Waals surface area contributed by atoms with Crippen LogP contribution in [0.25, 0.3) is 11.1 Å². The fraction of sp³-hybridized carbons (Fsp3) is 0.400. The van der Waals surface area contributed by atoms with E-state index in [9.17, 15) is 18.7 Å². The summed E-state index contributed by atoms with van der Waals surface area (Å²) in [6.07, 6.45) is 14.9. The normalized spacial score (nSPS) is 19.7. The second-order valence-corrected chi connectivity index (χ2v) is 8.09. The van der Waals surface area contributed by atoms with Crippen molar-refractivity contribution in [1.82, 2.24) is 10.3 Å². The van der Waals surface area contributed by atoms with Crippen molar-refractivity contribution in [3.63, 3.8) is 0 Å². The summed E-state index contributed by atoms with van der Waals surface area (Å²) in [4.78, 5) is 15.6. The van der Waals surface area contributed by atoms with Crippen LogP contribution in [-0.2, 0) is 0 Å². The number of aromatic hydroxyl groups is 1. The minimum Gasteiger partial charge on any atom is -0.507 e. The van der Waals surface area contributed by atoms with E-state index in [0.29, 0.717) is 30.0 Å². The van der Waals surface area contributed by atoms with E-state index in [-0.39, 0.29) is 17.0 Å². The van der Waals surface area contributed by atoms with Crippen molar-refractivity contribution in [2.24, 2.45) is 11.8 Å². The quantitative estimate of drug-likeness (QED) is 0.466. The lowest BCUT2D eigenvalue weighted by molar-refractivity contribution is 0.0943. The first-order valence-corrected chi connectivity index (χ1v) is 10.9. The molecule has 1 heterocycles. The van der Waals surface area contributed by atoms with E-state index in [1.807, 2.05) is 0 Å². The van der Waals surface area contributed by atoms with Crippen molar-refractivity contribution in [3.8, 4) is 16.9 Å². The van der Waals surface area contributed by atoms with Crippen molar-refractivity contribution >= 4 is 5.91 Å². The zero-order chi connectivity index (χ0) is 22.4. The van der Waals surface area contributed by atoms with Gasteiger partial charge in [-0.2, -0.15) is 0 Å². The molecule has 0 saturated heterocycles. The number of phenolic OH excluding ortho intramolecular Hbond substituents is 1. The van der Waals surface area contributed by atoms with Crippen LogP contribution in [0.2, 0.25) is 0 Å². The third-order valence-corrected chi connectivity index (χ3v) is 6.07. The van der Waals surface area contributed by atoms with E-state index in [1.165, 1.54) is 18.0 Å². The highest BCUT2D eigenvalue weighted by atomic mass is 19.2. The molecule has 0 atom stereocenters. The van der Waals surface area contributed by atoms with E-state index in [0.717, 1.165) is 38.2 Å². The van der Waals surface area contributed by atoms with E-state index in [1.54, 1.807) is 0 Å². The summed E-state index contributed by atoms with van der Waals surface area (Å²) in [5.74, 6) is -1.94. The molecular weight excluding hydrogens is 398 g/mol. The SMILES string of the molecule is C/C=C(\C=C/CC)C1CCC(CNC(=O)c2c[nH]cc2-c2cc(F)c(F)cc2O)CC1. The number of phenols is 1. The van der Waals surface area contributed by atoms with Crippen LogP contribution in [0, 0.1) is 23.5 Å². The van der Waals surface area contributed by atoms with Gasteiger partial charge < -0.3 is 15.4 Å². The first-order valence-electron chi connectivity index (χ1n) is 10.9. The molecule has 0 aliphatic heterocycles. The molecule has 0 bridgehead atoms. The number of amides is 1. The highest BCUT2D eigenvalue weighted by Gasteiger charge is 2.24. The maximum atomic E-state index is 13.7. The van der Waals surface area contributed by atoms with Gasteiger partial charge in [0.05, 0.1) is 5.56 Å². The Morgan fingerprint density at radius 3 is 2.55 bits per heavy atom. The van der Waals surface area contributed by atoms with E-state index in [2.05, 4.69) is 42.4 Å². The summed E-state index contributed by atoms with van der Waals surface area (Å²) in [7, 11) is 0. The van der Waals surface area contributed by atoms with Gasteiger partial charge in [0.25, 0.3) is 5.91 Å². The zero-order valence-corrected chi connectivity index (χ0v) is 18.1. The molecule has 1 amide bonds. The molecule has 4 nitrogen and oxygen atoms in total. The number of carbonyl (C=O) groups is 1. The van der Waals surface area contributed by atoms with Crippen LogP contribution in [0.3, 0.4) is 0 Å². The van der Waals surface area contributed by atoms with E-state index < -0.39 is 17.4 Å². The summed E-state index contributed by atoms with van der Waals surface area (Å²) in [5, 5.41) is 13.0. The molecule has 0 radical (unpaired) electrons. The van der Waals surface area contributed by atoms with Gasteiger partial charge in [-0.25, -0.2) is 8.78 Å². The first-order chi connectivity index (χ1) is 14.9. The van der Waals surface area contributed by atoms with Crippen molar-refractivity contribution < 1.29 is 18.7 Å². The molecule has 1 saturated carbocycles. The Morgan fingerprint density at radius 2 is 1.87 bits per heavy atom. The minimum atomic E-state index is -1.13. The van der Waals surface area contributed by atoms with Crippen molar-refractivity contribution in [1.29, 1.82) is 0 Å². The van der Waals surface area contributed by atoms with E-state index >= 15 is 0 Å². The Kier molecular flexibility index (Phi) is 7.66. The average Bonchev–Trinajstić information content (AvgIpc) is 3.25. The number of hydrogen-bond acceptors (Lipinski definition) is 2. The highest BCUT2D eigenvalue weighted by molar-refractivity contribution is 6.01. The van der Waals surface area contributed by atoms with Crippen LogP contribution in [0.1, 0.15) is 56.3 Å². The summed E-state index contributed by atoms with van der Waals surface area (Å²) in [5.41, 5.74) is 2.09. The lowest BCUT2D eigenvalue weighted by Gasteiger charge is -2.29. The van der Waals surface area contributed by atoms with Crippen LogP contribution < -0.4 is 5.32 Å². The number of aromatic amines is 1. The molecule has 6 heteroatoms. The van der Waals surface area contributed by atoms with Gasteiger partial charge in [-0.15, -0.1) is 0 Å². The van der Waals surface area contributed by atoms with Crippen molar-refractivity contribution in [2.75, 3.05) is 6.54 Å². The number of carbonyl (C=O) groups excluding carboxylic acids is 1. The number of nitrogens with one attached hydrogen (secondary N) is 2. The van der Waals surface area contributed by atoms with Gasteiger partial charge in [0.2, 0.25) is 0 Å². The average molecular weight is 429 g/mol. The number of benzene rings is 1. The standard InChI is InChI=1S/C25H30F2N2O2/c1-3-5-6-17(4-2)18-9-7-16(8-10-18)13-29-25(31)21-15-28-14-20(21)19-11-22(26)23(27)12-24(19)30/h4-6,11-12,14-16,18,28,30H,3,7-10,13H2,1-2H3,(H,29,31)/b6-5-,17-4+. The molecule has 3 rings (SSSR count). The minimum absolute atomic E-state index is 0.0739. The summed E-state index contributed by atoms with van der Waals surface area (Å²) in [6.45, 7) is 4.78. The van der Waals surface area contributed by atoms with E-state index in [4.69, 9.17) is 0 Å². The maximum Gasteiger partial charge on any atom is 0.253 e. The number of allylic oxidation sites excluding steroid dienone is 4. The molecule has 0 spiro atoms. The molecular formula is C25H30F2N2O2. The summed E-state index contributed by atoms with van der Waals surface area (Å²) >= 11 is 0. The number of rotatable bonds is 7. The molecule has 1 fully saturated rings. The fourth-order valence-electron chi connectivity index (χ4n) is 4.28. The van der Waals surface area contributed by atoms with Crippen LogP contribution in [-0.4, -0.2) is 22.5 Å². The Bertz CT molecular complexity index is 970. The van der Waals surface area contributed by atoms with Gasteiger partial charge >= 0.3 is 0 Å². The Morgan fingerprint density at radius 1 is 1.16 bits per heavy atom. The Balaban J connectivity index is 1.59. The fourth-order valence-corrected chi connectivity index (χ4v) is 4.28. The predicted octanol–water partition coefficient (Wildman–Crippen LogP) is 6.11. The monoisotopic (exact) mass is 428 g/mol. The molecule has 1 aromatic carbocycles. The second kappa shape index (κ2) is 10.4. The highest BCUT2D eigenvalue weighted by Crippen LogP contribution is 2.35. The Labute approximate surface area is 182 Å². The lowest BCUT2D eigenvalue weighted by Crippen LogP contribution is -2.31. The zero-order valence-electron chi connectivity index (χ0n) is 18.1. The Hall–Kier alpha value is -2.89. The van der Waals surface area contributed by atoms with Gasteiger partial charge in [0.15, 0.2) is 11.6 Å². The van der Waals surface area contributed by atoms with Gasteiger partial charge in [-0.1, -0.05) is 25.2 Å². The molecule has 2 aromatic rings. The first kappa shape index (κ1) is 22.8. The molecule has 1 aliphatic rings.